The maximum atomic E-state index is 11.2. The number of ether oxygens (including phenoxy) is 1. The van der Waals surface area contributed by atoms with E-state index in [4.69, 9.17) is 4.74 Å². The summed E-state index contributed by atoms with van der Waals surface area (Å²) >= 11 is 0. The molecule has 0 radical (unpaired) electrons. The Bertz CT molecular complexity index is 474. The second kappa shape index (κ2) is 5.21. The number of carboxylic acid groups (broad SMARTS) is 1. The molecule has 4 nitrogen and oxygen atoms in total. The molecule has 1 aromatic carbocycles. The molecule has 1 N–H and O–H groups in total. The number of piperidine rings is 1. The van der Waals surface area contributed by atoms with E-state index in [0.29, 0.717) is 12.6 Å². The quantitative estimate of drug-likeness (QED) is 0.887. The van der Waals surface area contributed by atoms with Crippen LogP contribution in [0, 0.1) is 5.92 Å². The van der Waals surface area contributed by atoms with Crippen LogP contribution in [0.15, 0.2) is 24.3 Å². The fourth-order valence-corrected chi connectivity index (χ4v) is 3.19. The number of fused-ring (bicyclic) bond motifs is 1. The van der Waals surface area contributed by atoms with Crippen LogP contribution in [0.4, 0.5) is 0 Å². The van der Waals surface area contributed by atoms with E-state index in [0.717, 1.165) is 38.2 Å². The molecular formula is C15H19NO3. The second-order valence-corrected chi connectivity index (χ2v) is 5.36. The molecule has 4 heteroatoms. The lowest BCUT2D eigenvalue weighted by Crippen LogP contribution is -2.42. The van der Waals surface area contributed by atoms with Gasteiger partial charge in [0.15, 0.2) is 0 Å². The molecule has 2 aliphatic heterocycles. The monoisotopic (exact) mass is 261 g/mol. The first-order valence-corrected chi connectivity index (χ1v) is 6.94. The number of nitrogens with zero attached hydrogens (tertiary/aromatic N) is 1. The molecule has 1 fully saturated rings. The summed E-state index contributed by atoms with van der Waals surface area (Å²) in [5, 5.41) is 9.20. The predicted octanol–water partition coefficient (Wildman–Crippen LogP) is 2.31. The summed E-state index contributed by atoms with van der Waals surface area (Å²) < 4.78 is 5.68. The molecule has 2 unspecified atom stereocenters. The summed E-state index contributed by atoms with van der Waals surface area (Å²) in [6.45, 7) is 2.37. The van der Waals surface area contributed by atoms with Crippen LogP contribution < -0.4 is 4.74 Å². The highest BCUT2D eigenvalue weighted by Gasteiger charge is 2.32. The number of rotatable bonds is 2. The maximum Gasteiger partial charge on any atom is 0.307 e. The molecule has 0 amide bonds. The van der Waals surface area contributed by atoms with Crippen LogP contribution in [-0.2, 0) is 4.79 Å². The van der Waals surface area contributed by atoms with Gasteiger partial charge in [0.05, 0.1) is 12.5 Å². The number of carbonyl (C=O) groups is 1. The molecule has 19 heavy (non-hydrogen) atoms. The van der Waals surface area contributed by atoms with Gasteiger partial charge in [-0.2, -0.15) is 0 Å². The van der Waals surface area contributed by atoms with Gasteiger partial charge in [-0.05, 0) is 25.5 Å². The fraction of sp³-hybridized carbons (Fsp3) is 0.533. The second-order valence-electron chi connectivity index (χ2n) is 5.36. The highest BCUT2D eigenvalue weighted by molar-refractivity contribution is 5.70. The van der Waals surface area contributed by atoms with Crippen LogP contribution >= 0.6 is 0 Å². The van der Waals surface area contributed by atoms with E-state index in [1.807, 2.05) is 18.2 Å². The number of carboxylic acids is 1. The van der Waals surface area contributed by atoms with Crippen molar-refractivity contribution in [3.63, 3.8) is 0 Å². The fourth-order valence-electron chi connectivity index (χ4n) is 3.19. The van der Waals surface area contributed by atoms with Crippen LogP contribution in [-0.4, -0.2) is 35.7 Å². The maximum absolute atomic E-state index is 11.2. The largest absolute Gasteiger partial charge is 0.493 e. The van der Waals surface area contributed by atoms with E-state index < -0.39 is 5.97 Å². The topological polar surface area (TPSA) is 49.8 Å². The van der Waals surface area contributed by atoms with Gasteiger partial charge in [0.2, 0.25) is 0 Å². The Balaban J connectivity index is 1.81. The number of hydrogen-bond acceptors (Lipinski definition) is 3. The van der Waals surface area contributed by atoms with Gasteiger partial charge in [0, 0.05) is 24.6 Å². The van der Waals surface area contributed by atoms with E-state index in [-0.39, 0.29) is 5.92 Å². The van der Waals surface area contributed by atoms with Crippen molar-refractivity contribution in [2.75, 3.05) is 19.7 Å². The first-order valence-electron chi connectivity index (χ1n) is 6.94. The third-order valence-electron chi connectivity index (χ3n) is 4.17. The number of hydrogen-bond donors (Lipinski definition) is 1. The molecule has 3 rings (SSSR count). The molecule has 0 spiro atoms. The van der Waals surface area contributed by atoms with Crippen LogP contribution in [0.5, 0.6) is 5.75 Å². The standard InChI is InChI=1S/C15H19NO3/c17-15(18)11-4-3-8-16(10-11)13-7-9-19-14-6-2-1-5-12(13)14/h1-2,5-6,11,13H,3-4,7-10H2,(H,17,18). The van der Waals surface area contributed by atoms with E-state index in [1.165, 1.54) is 5.56 Å². The Morgan fingerprint density at radius 1 is 1.32 bits per heavy atom. The molecule has 2 atom stereocenters. The van der Waals surface area contributed by atoms with Crippen LogP contribution in [0.3, 0.4) is 0 Å². The average molecular weight is 261 g/mol. The third-order valence-corrected chi connectivity index (χ3v) is 4.17. The lowest BCUT2D eigenvalue weighted by Gasteiger charge is -2.39. The van der Waals surface area contributed by atoms with E-state index in [9.17, 15) is 9.90 Å². The molecule has 2 heterocycles. The highest BCUT2D eigenvalue weighted by atomic mass is 16.5. The van der Waals surface area contributed by atoms with Gasteiger partial charge in [0.1, 0.15) is 5.75 Å². The summed E-state index contributed by atoms with van der Waals surface area (Å²) in [7, 11) is 0. The van der Waals surface area contributed by atoms with E-state index >= 15 is 0 Å². The molecule has 0 aromatic heterocycles. The highest BCUT2D eigenvalue weighted by Crippen LogP contribution is 2.37. The molecule has 102 valence electrons. The molecule has 1 saturated heterocycles. The van der Waals surface area contributed by atoms with Crippen molar-refractivity contribution >= 4 is 5.97 Å². The minimum atomic E-state index is -0.662. The van der Waals surface area contributed by atoms with Crippen LogP contribution in [0.1, 0.15) is 30.9 Å². The zero-order valence-corrected chi connectivity index (χ0v) is 10.9. The number of para-hydroxylation sites is 1. The summed E-state index contributed by atoms with van der Waals surface area (Å²) in [5.41, 5.74) is 1.21. The van der Waals surface area contributed by atoms with Gasteiger partial charge in [-0.15, -0.1) is 0 Å². The molecule has 0 bridgehead atoms. The summed E-state index contributed by atoms with van der Waals surface area (Å²) in [6, 6.07) is 8.42. The Morgan fingerprint density at radius 2 is 2.16 bits per heavy atom. The molecule has 0 saturated carbocycles. The number of benzene rings is 1. The van der Waals surface area contributed by atoms with Crippen molar-refractivity contribution in [2.24, 2.45) is 5.92 Å². The SMILES string of the molecule is O=C(O)C1CCCN(C2CCOc3ccccc32)C1. The van der Waals surface area contributed by atoms with Crippen molar-refractivity contribution in [2.45, 2.75) is 25.3 Å². The van der Waals surface area contributed by atoms with Gasteiger partial charge in [0.25, 0.3) is 0 Å². The zero-order chi connectivity index (χ0) is 13.2. The van der Waals surface area contributed by atoms with E-state index in [2.05, 4.69) is 11.0 Å². The van der Waals surface area contributed by atoms with Gasteiger partial charge in [-0.3, -0.25) is 9.69 Å². The first kappa shape index (κ1) is 12.5. The smallest absolute Gasteiger partial charge is 0.307 e. The molecule has 2 aliphatic rings. The Hall–Kier alpha value is -1.55. The van der Waals surface area contributed by atoms with Crippen molar-refractivity contribution in [1.29, 1.82) is 0 Å². The van der Waals surface area contributed by atoms with Gasteiger partial charge in [-0.25, -0.2) is 0 Å². The summed E-state index contributed by atoms with van der Waals surface area (Å²) in [5.74, 6) is 0.0741. The Labute approximate surface area is 113 Å². The van der Waals surface area contributed by atoms with Gasteiger partial charge >= 0.3 is 5.97 Å². The van der Waals surface area contributed by atoms with E-state index in [1.54, 1.807) is 0 Å². The Morgan fingerprint density at radius 3 is 3.00 bits per heavy atom. The lowest BCUT2D eigenvalue weighted by atomic mass is 9.92. The first-order chi connectivity index (χ1) is 9.25. The minimum absolute atomic E-state index is 0.219. The normalized spacial score (nSPS) is 27.4. The zero-order valence-electron chi connectivity index (χ0n) is 10.9. The van der Waals surface area contributed by atoms with Crippen molar-refractivity contribution in [3.8, 4) is 5.75 Å². The van der Waals surface area contributed by atoms with Crippen molar-refractivity contribution in [1.82, 2.24) is 4.90 Å². The van der Waals surface area contributed by atoms with Gasteiger partial charge < -0.3 is 9.84 Å². The molecular weight excluding hydrogens is 242 g/mol. The third kappa shape index (κ3) is 2.45. The average Bonchev–Trinajstić information content (AvgIpc) is 2.47. The van der Waals surface area contributed by atoms with Crippen LogP contribution in [0.2, 0.25) is 0 Å². The minimum Gasteiger partial charge on any atom is -0.493 e. The van der Waals surface area contributed by atoms with Crippen molar-refractivity contribution in [3.05, 3.63) is 29.8 Å². The van der Waals surface area contributed by atoms with Crippen LogP contribution in [0.25, 0.3) is 0 Å². The summed E-state index contributed by atoms with van der Waals surface area (Å²) in [6.07, 6.45) is 2.72. The Kier molecular flexibility index (Phi) is 3.42. The van der Waals surface area contributed by atoms with Crippen molar-refractivity contribution < 1.29 is 14.6 Å². The predicted molar refractivity (Wildman–Crippen MR) is 71.2 cm³/mol. The lowest BCUT2D eigenvalue weighted by molar-refractivity contribution is -0.144. The summed E-state index contributed by atoms with van der Waals surface area (Å²) in [4.78, 5) is 13.5. The number of aliphatic carboxylic acids is 1. The molecule has 0 aliphatic carbocycles. The molecule has 1 aromatic rings. The van der Waals surface area contributed by atoms with Gasteiger partial charge in [-0.1, -0.05) is 18.2 Å². The number of likely N-dealkylation sites (tertiary alicyclic amines) is 1.